The molecule has 1 aliphatic carbocycles. The molecule has 94 valence electrons. The van der Waals surface area contributed by atoms with E-state index in [1.165, 1.54) is 0 Å². The van der Waals surface area contributed by atoms with E-state index < -0.39 is 11.6 Å². The van der Waals surface area contributed by atoms with Crippen LogP contribution in [0.1, 0.15) is 32.1 Å². The lowest BCUT2D eigenvalue weighted by Gasteiger charge is -2.21. The van der Waals surface area contributed by atoms with Crippen LogP contribution in [0.25, 0.3) is 0 Å². The van der Waals surface area contributed by atoms with Crippen molar-refractivity contribution in [3.05, 3.63) is 11.9 Å². The van der Waals surface area contributed by atoms with E-state index in [1.807, 2.05) is 0 Å². The van der Waals surface area contributed by atoms with Gasteiger partial charge in [0.1, 0.15) is 5.71 Å². The Hall–Kier alpha value is -1.85. The zero-order valence-corrected chi connectivity index (χ0v) is 9.66. The number of nitrogens with two attached hydrogens (primary N) is 2. The van der Waals surface area contributed by atoms with E-state index in [-0.39, 0.29) is 17.5 Å². The van der Waals surface area contributed by atoms with Crippen LogP contribution in [0.15, 0.2) is 11.9 Å². The van der Waals surface area contributed by atoms with Crippen LogP contribution < -0.4 is 16.8 Å². The summed E-state index contributed by atoms with van der Waals surface area (Å²) in [6, 6.07) is 0. The van der Waals surface area contributed by atoms with Crippen molar-refractivity contribution in [2.45, 2.75) is 32.1 Å². The fourth-order valence-corrected chi connectivity index (χ4v) is 1.92. The number of carbonyl (C=O) groups is 2. The molecule has 0 bridgehead atoms. The van der Waals surface area contributed by atoms with Crippen LogP contribution in [0.4, 0.5) is 0 Å². The van der Waals surface area contributed by atoms with Gasteiger partial charge in [0.05, 0.1) is 5.70 Å². The molecule has 0 aromatic rings. The summed E-state index contributed by atoms with van der Waals surface area (Å²) in [6.07, 6.45) is 5.93. The molecule has 0 spiro atoms. The summed E-state index contributed by atoms with van der Waals surface area (Å²) in [6.45, 7) is 0. The summed E-state index contributed by atoms with van der Waals surface area (Å²) in [4.78, 5) is 22.6. The van der Waals surface area contributed by atoms with Crippen LogP contribution >= 0.6 is 0 Å². The fourth-order valence-electron chi connectivity index (χ4n) is 1.92. The second-order valence-electron chi connectivity index (χ2n) is 4.14. The molecule has 0 aromatic heterocycles. The van der Waals surface area contributed by atoms with Crippen LogP contribution in [-0.4, -0.2) is 17.5 Å². The van der Waals surface area contributed by atoms with Gasteiger partial charge in [-0.1, -0.05) is 19.3 Å². The van der Waals surface area contributed by atoms with Crippen molar-refractivity contribution in [1.82, 2.24) is 5.32 Å². The standard InChI is InChI=1S/C11H18N4O2/c12-6-8(9(13)10(14)16)15-11(17)7-4-2-1-3-5-7/h6-7,13H,1-5,12H2,(H2,14,16)(H,15,17). The Balaban J connectivity index is 2.59. The molecule has 6 nitrogen and oxygen atoms in total. The molecule has 1 fully saturated rings. The second-order valence-corrected chi connectivity index (χ2v) is 4.14. The predicted octanol–water partition coefficient (Wildman–Crippen LogP) is -0.0119. The molecule has 1 aliphatic rings. The van der Waals surface area contributed by atoms with Crippen LogP contribution in [-0.2, 0) is 9.59 Å². The highest BCUT2D eigenvalue weighted by molar-refractivity contribution is 6.43. The third-order valence-electron chi connectivity index (χ3n) is 2.92. The largest absolute Gasteiger partial charge is 0.403 e. The summed E-state index contributed by atoms with van der Waals surface area (Å²) in [5.74, 6) is -1.16. The summed E-state index contributed by atoms with van der Waals surface area (Å²) in [5, 5.41) is 9.86. The maximum atomic E-state index is 11.8. The van der Waals surface area contributed by atoms with Gasteiger partial charge >= 0.3 is 0 Å². The summed E-state index contributed by atoms with van der Waals surface area (Å²) in [7, 11) is 0. The molecule has 2 amide bonds. The Kier molecular flexibility index (Phi) is 4.68. The van der Waals surface area contributed by atoms with Gasteiger partial charge in [-0.3, -0.25) is 15.0 Å². The Morgan fingerprint density at radius 3 is 2.29 bits per heavy atom. The van der Waals surface area contributed by atoms with E-state index in [4.69, 9.17) is 16.9 Å². The molecular formula is C11H18N4O2. The monoisotopic (exact) mass is 238 g/mol. The van der Waals surface area contributed by atoms with Crippen molar-refractivity contribution in [3.63, 3.8) is 0 Å². The molecule has 6 N–H and O–H groups in total. The molecule has 6 heteroatoms. The van der Waals surface area contributed by atoms with E-state index in [0.29, 0.717) is 0 Å². The van der Waals surface area contributed by atoms with E-state index in [9.17, 15) is 9.59 Å². The van der Waals surface area contributed by atoms with Crippen molar-refractivity contribution in [2.75, 3.05) is 0 Å². The quantitative estimate of drug-likeness (QED) is 0.515. The van der Waals surface area contributed by atoms with Crippen LogP contribution in [0.2, 0.25) is 0 Å². The van der Waals surface area contributed by atoms with Gasteiger partial charge in [-0.2, -0.15) is 0 Å². The number of rotatable bonds is 4. The number of primary amides is 1. The van der Waals surface area contributed by atoms with Crippen molar-refractivity contribution >= 4 is 17.5 Å². The minimum absolute atomic E-state index is 0.0203. The van der Waals surface area contributed by atoms with Gasteiger partial charge in [0.2, 0.25) is 5.91 Å². The van der Waals surface area contributed by atoms with Crippen LogP contribution in [0, 0.1) is 11.3 Å². The van der Waals surface area contributed by atoms with Gasteiger partial charge in [0, 0.05) is 12.1 Å². The van der Waals surface area contributed by atoms with Crippen molar-refractivity contribution in [2.24, 2.45) is 17.4 Å². The first-order chi connectivity index (χ1) is 8.06. The maximum absolute atomic E-state index is 11.8. The van der Waals surface area contributed by atoms with E-state index in [0.717, 1.165) is 38.3 Å². The molecule has 0 radical (unpaired) electrons. The average molecular weight is 238 g/mol. The number of amides is 2. The van der Waals surface area contributed by atoms with Crippen molar-refractivity contribution < 1.29 is 9.59 Å². The highest BCUT2D eigenvalue weighted by atomic mass is 16.2. The molecule has 0 unspecified atom stereocenters. The van der Waals surface area contributed by atoms with E-state index in [2.05, 4.69) is 5.32 Å². The van der Waals surface area contributed by atoms with E-state index in [1.54, 1.807) is 0 Å². The first-order valence-electron chi connectivity index (χ1n) is 5.67. The molecule has 0 aliphatic heterocycles. The zero-order valence-electron chi connectivity index (χ0n) is 9.66. The molecule has 0 saturated heterocycles. The Bertz CT molecular complexity index is 356. The Morgan fingerprint density at radius 1 is 1.24 bits per heavy atom. The van der Waals surface area contributed by atoms with Crippen LogP contribution in [0.3, 0.4) is 0 Å². The highest BCUT2D eigenvalue weighted by Crippen LogP contribution is 2.23. The summed E-state index contributed by atoms with van der Waals surface area (Å²) < 4.78 is 0. The molecule has 0 aromatic carbocycles. The number of carbonyl (C=O) groups excluding carboxylic acids is 2. The molecular weight excluding hydrogens is 220 g/mol. The normalized spacial score (nSPS) is 17.5. The van der Waals surface area contributed by atoms with Crippen LogP contribution in [0.5, 0.6) is 0 Å². The molecule has 17 heavy (non-hydrogen) atoms. The highest BCUT2D eigenvalue weighted by Gasteiger charge is 2.23. The number of hydrogen-bond acceptors (Lipinski definition) is 4. The average Bonchev–Trinajstić information content (AvgIpc) is 2.35. The topological polar surface area (TPSA) is 122 Å². The first kappa shape index (κ1) is 13.2. The molecule has 1 saturated carbocycles. The lowest BCUT2D eigenvalue weighted by molar-refractivity contribution is -0.125. The summed E-state index contributed by atoms with van der Waals surface area (Å²) in [5.41, 5.74) is 9.72. The van der Waals surface area contributed by atoms with Gasteiger partial charge < -0.3 is 16.8 Å². The summed E-state index contributed by atoms with van der Waals surface area (Å²) >= 11 is 0. The second kappa shape index (κ2) is 6.03. The van der Waals surface area contributed by atoms with Gasteiger partial charge in [0.15, 0.2) is 0 Å². The smallest absolute Gasteiger partial charge is 0.268 e. The van der Waals surface area contributed by atoms with Crippen molar-refractivity contribution in [1.29, 1.82) is 5.41 Å². The number of hydrogen-bond donors (Lipinski definition) is 4. The number of nitrogens with one attached hydrogen (secondary N) is 2. The third-order valence-corrected chi connectivity index (χ3v) is 2.92. The third kappa shape index (κ3) is 3.58. The van der Waals surface area contributed by atoms with Crippen molar-refractivity contribution in [3.8, 4) is 0 Å². The Morgan fingerprint density at radius 2 is 1.82 bits per heavy atom. The predicted molar refractivity (Wildman–Crippen MR) is 63.9 cm³/mol. The maximum Gasteiger partial charge on any atom is 0.268 e. The molecule has 0 atom stereocenters. The lowest BCUT2D eigenvalue weighted by Crippen LogP contribution is -2.38. The van der Waals surface area contributed by atoms with Gasteiger partial charge in [-0.05, 0) is 12.8 Å². The molecule has 1 rings (SSSR count). The SMILES string of the molecule is N=C(C(N)=O)C(=CN)NC(=O)C1CCCCC1. The molecule has 0 heterocycles. The minimum atomic E-state index is -0.911. The Labute approximate surface area is 99.9 Å². The minimum Gasteiger partial charge on any atom is -0.403 e. The first-order valence-corrected chi connectivity index (χ1v) is 5.67. The van der Waals surface area contributed by atoms with Gasteiger partial charge in [-0.25, -0.2) is 0 Å². The lowest BCUT2D eigenvalue weighted by atomic mass is 9.88. The van der Waals surface area contributed by atoms with Gasteiger partial charge in [-0.15, -0.1) is 0 Å². The van der Waals surface area contributed by atoms with Gasteiger partial charge in [0.25, 0.3) is 5.91 Å². The van der Waals surface area contributed by atoms with E-state index >= 15 is 0 Å². The zero-order chi connectivity index (χ0) is 12.8. The fraction of sp³-hybridized carbons (Fsp3) is 0.545.